The van der Waals surface area contributed by atoms with Crippen molar-refractivity contribution in [2.75, 3.05) is 50.6 Å². The summed E-state index contributed by atoms with van der Waals surface area (Å²) in [6, 6.07) is 9.69. The van der Waals surface area contributed by atoms with Crippen LogP contribution in [0.5, 0.6) is 11.5 Å². The molecule has 1 fully saturated rings. The fourth-order valence-corrected chi connectivity index (χ4v) is 3.14. The highest BCUT2D eigenvalue weighted by atomic mass is 35.5. The lowest BCUT2D eigenvalue weighted by Gasteiger charge is -2.36. The molecule has 0 bridgehead atoms. The standard InChI is InChI=1S/C19H21ClFN3O3/c1-26-17-6-3-13(11-18(17)27-2)22-19(25)24-9-7-23(8-10-24)14-4-5-16(21)15(20)12-14/h3-6,11-12H,7-10H2,1-2H3,(H,22,25). The molecule has 6 nitrogen and oxygen atoms in total. The molecular formula is C19H21ClFN3O3. The molecule has 1 saturated heterocycles. The average molecular weight is 394 g/mol. The van der Waals surface area contributed by atoms with Gasteiger partial charge in [-0.15, -0.1) is 0 Å². The van der Waals surface area contributed by atoms with E-state index in [1.165, 1.54) is 6.07 Å². The van der Waals surface area contributed by atoms with Crippen molar-refractivity contribution in [1.82, 2.24) is 4.90 Å². The van der Waals surface area contributed by atoms with Crippen molar-refractivity contribution in [2.24, 2.45) is 0 Å². The topological polar surface area (TPSA) is 54.0 Å². The van der Waals surface area contributed by atoms with Gasteiger partial charge in [0.1, 0.15) is 5.82 Å². The van der Waals surface area contributed by atoms with E-state index in [1.54, 1.807) is 49.5 Å². The van der Waals surface area contributed by atoms with Crippen molar-refractivity contribution in [3.05, 3.63) is 47.2 Å². The summed E-state index contributed by atoms with van der Waals surface area (Å²) in [5.74, 6) is 0.712. The fourth-order valence-electron chi connectivity index (χ4n) is 2.97. The monoisotopic (exact) mass is 393 g/mol. The Morgan fingerprint density at radius 2 is 1.74 bits per heavy atom. The van der Waals surface area contributed by atoms with Crippen molar-refractivity contribution in [3.63, 3.8) is 0 Å². The van der Waals surface area contributed by atoms with E-state index >= 15 is 0 Å². The van der Waals surface area contributed by atoms with Crippen LogP contribution in [0.1, 0.15) is 0 Å². The Hall–Kier alpha value is -2.67. The van der Waals surface area contributed by atoms with Crippen LogP contribution in [0.2, 0.25) is 5.02 Å². The molecule has 2 aromatic carbocycles. The third-order valence-corrected chi connectivity index (χ3v) is 4.76. The van der Waals surface area contributed by atoms with Gasteiger partial charge in [0, 0.05) is 43.6 Å². The summed E-state index contributed by atoms with van der Waals surface area (Å²) in [7, 11) is 3.11. The van der Waals surface area contributed by atoms with E-state index in [-0.39, 0.29) is 11.1 Å². The van der Waals surface area contributed by atoms with E-state index in [1.807, 2.05) is 0 Å². The van der Waals surface area contributed by atoms with Crippen LogP contribution in [0.25, 0.3) is 0 Å². The number of halogens is 2. The van der Waals surface area contributed by atoms with Gasteiger partial charge in [0.15, 0.2) is 11.5 Å². The van der Waals surface area contributed by atoms with E-state index < -0.39 is 5.82 Å². The summed E-state index contributed by atoms with van der Waals surface area (Å²) < 4.78 is 23.8. The molecule has 0 aliphatic carbocycles. The van der Waals surface area contributed by atoms with Crippen molar-refractivity contribution >= 4 is 29.0 Å². The van der Waals surface area contributed by atoms with Crippen LogP contribution in [-0.2, 0) is 0 Å². The van der Waals surface area contributed by atoms with Crippen LogP contribution in [0.4, 0.5) is 20.6 Å². The Morgan fingerprint density at radius 1 is 1.04 bits per heavy atom. The Bertz CT molecular complexity index is 826. The second-order valence-electron chi connectivity index (χ2n) is 6.07. The lowest BCUT2D eigenvalue weighted by atomic mass is 10.2. The molecule has 0 atom stereocenters. The van der Waals surface area contributed by atoms with Gasteiger partial charge >= 0.3 is 6.03 Å². The quantitative estimate of drug-likeness (QED) is 0.857. The maximum absolute atomic E-state index is 13.3. The van der Waals surface area contributed by atoms with E-state index in [9.17, 15) is 9.18 Å². The third-order valence-electron chi connectivity index (χ3n) is 4.47. The number of methoxy groups -OCH3 is 2. The molecule has 1 heterocycles. The fraction of sp³-hybridized carbons (Fsp3) is 0.316. The molecule has 0 unspecified atom stereocenters. The van der Waals surface area contributed by atoms with E-state index in [2.05, 4.69) is 10.2 Å². The number of rotatable bonds is 4. The van der Waals surface area contributed by atoms with E-state index in [0.29, 0.717) is 43.4 Å². The largest absolute Gasteiger partial charge is 0.493 e. The predicted molar refractivity (Wildman–Crippen MR) is 104 cm³/mol. The number of carbonyl (C=O) groups excluding carboxylic acids is 1. The molecular weight excluding hydrogens is 373 g/mol. The van der Waals surface area contributed by atoms with Crippen molar-refractivity contribution in [2.45, 2.75) is 0 Å². The highest BCUT2D eigenvalue weighted by Crippen LogP contribution is 2.30. The minimum absolute atomic E-state index is 0.0983. The van der Waals surface area contributed by atoms with Gasteiger partial charge < -0.3 is 24.6 Å². The number of nitrogens with one attached hydrogen (secondary N) is 1. The Kier molecular flexibility index (Phi) is 5.91. The Balaban J connectivity index is 1.59. The molecule has 27 heavy (non-hydrogen) atoms. The molecule has 0 spiro atoms. The molecule has 8 heteroatoms. The van der Waals surface area contributed by atoms with Crippen LogP contribution in [0.3, 0.4) is 0 Å². The second-order valence-corrected chi connectivity index (χ2v) is 6.48. The van der Waals surface area contributed by atoms with E-state index in [0.717, 1.165) is 5.69 Å². The number of amides is 2. The average Bonchev–Trinajstić information content (AvgIpc) is 2.70. The molecule has 1 aliphatic rings. The molecule has 0 saturated carbocycles. The molecule has 2 aromatic rings. The van der Waals surface area contributed by atoms with Gasteiger partial charge in [-0.2, -0.15) is 0 Å². The maximum Gasteiger partial charge on any atom is 0.321 e. The number of carbonyl (C=O) groups is 1. The first-order valence-electron chi connectivity index (χ1n) is 8.50. The van der Waals surface area contributed by atoms with Crippen molar-refractivity contribution in [3.8, 4) is 11.5 Å². The summed E-state index contributed by atoms with van der Waals surface area (Å²) in [6.07, 6.45) is 0. The van der Waals surface area contributed by atoms with Crippen LogP contribution < -0.4 is 19.7 Å². The number of ether oxygens (including phenoxy) is 2. The first-order chi connectivity index (χ1) is 13.0. The molecule has 0 radical (unpaired) electrons. The Labute approximate surface area is 162 Å². The van der Waals surface area contributed by atoms with Gasteiger partial charge in [-0.25, -0.2) is 9.18 Å². The van der Waals surface area contributed by atoms with Gasteiger partial charge in [-0.3, -0.25) is 0 Å². The minimum atomic E-state index is -0.437. The Morgan fingerprint density at radius 3 is 2.37 bits per heavy atom. The molecule has 0 aromatic heterocycles. The number of benzene rings is 2. The summed E-state index contributed by atoms with van der Waals surface area (Å²) in [5, 5.41) is 2.97. The van der Waals surface area contributed by atoms with Gasteiger partial charge in [-0.05, 0) is 30.3 Å². The third kappa shape index (κ3) is 4.36. The smallest absolute Gasteiger partial charge is 0.321 e. The first-order valence-corrected chi connectivity index (χ1v) is 8.87. The molecule has 3 rings (SSSR count). The van der Waals surface area contributed by atoms with Gasteiger partial charge in [0.25, 0.3) is 0 Å². The normalized spacial score (nSPS) is 14.1. The van der Waals surface area contributed by atoms with Crippen LogP contribution >= 0.6 is 11.6 Å². The SMILES string of the molecule is COc1ccc(NC(=O)N2CCN(c3ccc(F)c(Cl)c3)CC2)cc1OC. The molecule has 1 aliphatic heterocycles. The zero-order chi connectivity index (χ0) is 19.4. The zero-order valence-corrected chi connectivity index (χ0v) is 15.9. The summed E-state index contributed by atoms with van der Waals surface area (Å²) in [5.41, 5.74) is 1.48. The summed E-state index contributed by atoms with van der Waals surface area (Å²) >= 11 is 5.85. The molecule has 1 N–H and O–H groups in total. The highest BCUT2D eigenvalue weighted by Gasteiger charge is 2.22. The number of anilines is 2. The number of hydrogen-bond donors (Lipinski definition) is 1. The van der Waals surface area contributed by atoms with E-state index in [4.69, 9.17) is 21.1 Å². The lowest BCUT2D eigenvalue weighted by molar-refractivity contribution is 0.208. The van der Waals surface area contributed by atoms with Crippen LogP contribution in [-0.4, -0.2) is 51.3 Å². The molecule has 2 amide bonds. The van der Waals surface area contributed by atoms with Gasteiger partial charge in [0.05, 0.1) is 19.2 Å². The lowest BCUT2D eigenvalue weighted by Crippen LogP contribution is -2.50. The predicted octanol–water partition coefficient (Wildman–Crippen LogP) is 3.85. The number of hydrogen-bond acceptors (Lipinski definition) is 4. The number of piperazine rings is 1. The highest BCUT2D eigenvalue weighted by molar-refractivity contribution is 6.31. The minimum Gasteiger partial charge on any atom is -0.493 e. The number of urea groups is 1. The summed E-state index contributed by atoms with van der Waals surface area (Å²) in [4.78, 5) is 16.3. The first kappa shape index (κ1) is 19.1. The van der Waals surface area contributed by atoms with Gasteiger partial charge in [-0.1, -0.05) is 11.6 Å². The van der Waals surface area contributed by atoms with Gasteiger partial charge in [0.2, 0.25) is 0 Å². The van der Waals surface area contributed by atoms with Crippen LogP contribution in [0, 0.1) is 5.82 Å². The summed E-state index contributed by atoms with van der Waals surface area (Å²) in [6.45, 7) is 2.38. The van der Waals surface area contributed by atoms with Crippen molar-refractivity contribution in [1.29, 1.82) is 0 Å². The second kappa shape index (κ2) is 8.35. The van der Waals surface area contributed by atoms with Crippen molar-refractivity contribution < 1.29 is 18.7 Å². The number of nitrogens with zero attached hydrogens (tertiary/aromatic N) is 2. The van der Waals surface area contributed by atoms with Crippen LogP contribution in [0.15, 0.2) is 36.4 Å². The molecule has 144 valence electrons. The zero-order valence-electron chi connectivity index (χ0n) is 15.2. The maximum atomic E-state index is 13.3.